The average molecular weight is 103 g/mol. The molecule has 7 heavy (non-hydrogen) atoms. The van der Waals surface area contributed by atoms with Crippen LogP contribution in [0.3, 0.4) is 0 Å². The Morgan fingerprint density at radius 1 is 1.86 bits per heavy atom. The fraction of sp³-hybridized carbons (Fsp3) is 0.800. The van der Waals surface area contributed by atoms with Crippen molar-refractivity contribution in [2.24, 2.45) is 0 Å². The summed E-state index contributed by atoms with van der Waals surface area (Å²) in [6.07, 6.45) is 1.75. The van der Waals surface area contributed by atoms with Crippen LogP contribution in [0.1, 0.15) is 6.92 Å². The molecule has 0 aromatic heterocycles. The summed E-state index contributed by atoms with van der Waals surface area (Å²) in [6, 6.07) is 0. The molecule has 0 fully saturated rings. The van der Waals surface area contributed by atoms with Crippen LogP contribution in [0.5, 0.6) is 0 Å². The quantitative estimate of drug-likeness (QED) is 0.553. The molecular formula is C5H11O2. The maximum absolute atomic E-state index is 8.23. The second-order valence-corrected chi connectivity index (χ2v) is 1.36. The van der Waals surface area contributed by atoms with Gasteiger partial charge < -0.3 is 9.84 Å². The Morgan fingerprint density at radius 2 is 2.43 bits per heavy atom. The van der Waals surface area contributed by atoms with E-state index in [-0.39, 0.29) is 12.7 Å². The molecule has 0 aliphatic carbocycles. The first-order chi connectivity index (χ1) is 3.31. The molecule has 0 rings (SSSR count). The first-order valence-corrected chi connectivity index (χ1v) is 2.28. The summed E-state index contributed by atoms with van der Waals surface area (Å²) in [5.74, 6) is 0. The van der Waals surface area contributed by atoms with Crippen LogP contribution < -0.4 is 0 Å². The lowest BCUT2D eigenvalue weighted by atomic mass is 10.3. The lowest BCUT2D eigenvalue weighted by Gasteiger charge is -2.03. The van der Waals surface area contributed by atoms with Gasteiger partial charge >= 0.3 is 0 Å². The third-order valence-corrected chi connectivity index (χ3v) is 0.809. The monoisotopic (exact) mass is 103 g/mol. The van der Waals surface area contributed by atoms with Gasteiger partial charge in [-0.15, -0.1) is 0 Å². The van der Waals surface area contributed by atoms with Gasteiger partial charge in [0.1, 0.15) is 0 Å². The summed E-state index contributed by atoms with van der Waals surface area (Å²) < 4.78 is 4.78. The minimum atomic E-state index is 0.0741. The van der Waals surface area contributed by atoms with E-state index in [0.29, 0.717) is 0 Å². The van der Waals surface area contributed by atoms with Gasteiger partial charge in [-0.2, -0.15) is 0 Å². The van der Waals surface area contributed by atoms with Crippen molar-refractivity contribution in [3.63, 3.8) is 0 Å². The predicted molar refractivity (Wildman–Crippen MR) is 27.9 cm³/mol. The van der Waals surface area contributed by atoms with Gasteiger partial charge in [0, 0.05) is 20.1 Å². The molecule has 1 atom stereocenters. The topological polar surface area (TPSA) is 29.5 Å². The van der Waals surface area contributed by atoms with E-state index in [9.17, 15) is 0 Å². The van der Waals surface area contributed by atoms with Gasteiger partial charge in [-0.1, -0.05) is 0 Å². The van der Waals surface area contributed by atoms with Crippen LogP contribution in [-0.2, 0) is 4.74 Å². The summed E-state index contributed by atoms with van der Waals surface area (Å²) in [5.41, 5.74) is 0. The Labute approximate surface area is 44.1 Å². The number of aliphatic hydroxyl groups excluding tert-OH is 1. The van der Waals surface area contributed by atoms with Crippen molar-refractivity contribution in [1.29, 1.82) is 0 Å². The highest BCUT2D eigenvalue weighted by Gasteiger charge is 1.94. The Morgan fingerprint density at radius 3 is 2.57 bits per heavy atom. The molecule has 43 valence electrons. The minimum absolute atomic E-state index is 0.0741. The molecule has 0 aromatic rings. The molecule has 0 aromatic carbocycles. The zero-order valence-electron chi connectivity index (χ0n) is 4.72. The van der Waals surface area contributed by atoms with Crippen molar-refractivity contribution in [3.8, 4) is 0 Å². The molecule has 1 unspecified atom stereocenters. The molecule has 1 N–H and O–H groups in total. The zero-order valence-corrected chi connectivity index (χ0v) is 4.72. The Kier molecular flexibility index (Phi) is 4.04. The standard InChI is InChI=1S/C5H11O2/c1-5(7-2)3-4-6/h3,5-6H,4H2,1-2H3. The largest absolute Gasteiger partial charge is 0.396 e. The smallest absolute Gasteiger partial charge is 0.0597 e. The summed E-state index contributed by atoms with van der Waals surface area (Å²) in [4.78, 5) is 0. The third kappa shape index (κ3) is 3.76. The van der Waals surface area contributed by atoms with E-state index in [4.69, 9.17) is 9.84 Å². The molecule has 0 aliphatic rings. The molecule has 0 amide bonds. The molecule has 0 spiro atoms. The van der Waals surface area contributed by atoms with Gasteiger partial charge in [-0.3, -0.25) is 0 Å². The van der Waals surface area contributed by atoms with Gasteiger partial charge in [-0.05, 0) is 6.92 Å². The number of aliphatic hydroxyl groups is 1. The number of ether oxygens (including phenoxy) is 1. The van der Waals surface area contributed by atoms with Crippen molar-refractivity contribution in [1.82, 2.24) is 0 Å². The molecule has 0 saturated carbocycles. The fourth-order valence-electron chi connectivity index (χ4n) is 0.245. The van der Waals surface area contributed by atoms with Crippen LogP contribution in [0, 0.1) is 6.42 Å². The maximum Gasteiger partial charge on any atom is 0.0597 e. The molecule has 2 nitrogen and oxygen atoms in total. The molecule has 0 saturated heterocycles. The Balaban J connectivity index is 2.83. The minimum Gasteiger partial charge on any atom is -0.396 e. The van der Waals surface area contributed by atoms with Crippen molar-refractivity contribution in [2.75, 3.05) is 13.7 Å². The summed E-state index contributed by atoms with van der Waals surface area (Å²) in [5, 5.41) is 8.23. The van der Waals surface area contributed by atoms with E-state index in [2.05, 4.69) is 0 Å². The van der Waals surface area contributed by atoms with Crippen LogP contribution >= 0.6 is 0 Å². The molecule has 2 heteroatoms. The Hall–Kier alpha value is -0.0800. The fourth-order valence-corrected chi connectivity index (χ4v) is 0.245. The second-order valence-electron chi connectivity index (χ2n) is 1.36. The van der Waals surface area contributed by atoms with E-state index in [1.54, 1.807) is 13.5 Å². The number of hydrogen-bond acceptors (Lipinski definition) is 2. The number of rotatable bonds is 3. The molecular weight excluding hydrogens is 92.1 g/mol. The van der Waals surface area contributed by atoms with E-state index in [1.807, 2.05) is 6.92 Å². The lowest BCUT2D eigenvalue weighted by Crippen LogP contribution is -2.07. The molecule has 0 aliphatic heterocycles. The van der Waals surface area contributed by atoms with Crippen LogP contribution in [0.15, 0.2) is 0 Å². The Bertz CT molecular complexity index is 37.1. The van der Waals surface area contributed by atoms with Gasteiger partial charge in [0.15, 0.2) is 0 Å². The van der Waals surface area contributed by atoms with Crippen LogP contribution in [0.25, 0.3) is 0 Å². The van der Waals surface area contributed by atoms with Crippen molar-refractivity contribution >= 4 is 0 Å². The van der Waals surface area contributed by atoms with E-state index in [0.717, 1.165) is 0 Å². The van der Waals surface area contributed by atoms with Crippen molar-refractivity contribution in [3.05, 3.63) is 6.42 Å². The van der Waals surface area contributed by atoms with Crippen LogP contribution in [-0.4, -0.2) is 24.9 Å². The zero-order chi connectivity index (χ0) is 5.70. The van der Waals surface area contributed by atoms with Gasteiger partial charge in [0.2, 0.25) is 0 Å². The summed E-state index contributed by atoms with van der Waals surface area (Å²) in [6.45, 7) is 1.96. The number of hydrogen-bond donors (Lipinski definition) is 1. The molecule has 1 radical (unpaired) electrons. The van der Waals surface area contributed by atoms with Gasteiger partial charge in [-0.25, -0.2) is 0 Å². The second kappa shape index (κ2) is 4.09. The number of methoxy groups -OCH3 is 1. The molecule has 0 heterocycles. The van der Waals surface area contributed by atoms with Gasteiger partial charge in [0.05, 0.1) is 6.10 Å². The first kappa shape index (κ1) is 6.92. The van der Waals surface area contributed by atoms with Crippen LogP contribution in [0.4, 0.5) is 0 Å². The van der Waals surface area contributed by atoms with E-state index >= 15 is 0 Å². The summed E-state index contributed by atoms with van der Waals surface area (Å²) in [7, 11) is 1.61. The van der Waals surface area contributed by atoms with Crippen LogP contribution in [0.2, 0.25) is 0 Å². The SMILES string of the molecule is COC(C)[CH]CO. The first-order valence-electron chi connectivity index (χ1n) is 2.28. The normalized spacial score (nSPS) is 14.1. The van der Waals surface area contributed by atoms with Crippen molar-refractivity contribution in [2.45, 2.75) is 13.0 Å². The van der Waals surface area contributed by atoms with E-state index < -0.39 is 0 Å². The highest BCUT2D eigenvalue weighted by molar-refractivity contribution is 4.69. The third-order valence-electron chi connectivity index (χ3n) is 0.809. The lowest BCUT2D eigenvalue weighted by molar-refractivity contribution is 0.130. The molecule has 0 bridgehead atoms. The maximum atomic E-state index is 8.23. The highest BCUT2D eigenvalue weighted by atomic mass is 16.5. The predicted octanol–water partition coefficient (Wildman–Crippen LogP) is 0.218. The summed E-state index contributed by atoms with van der Waals surface area (Å²) >= 11 is 0. The van der Waals surface area contributed by atoms with Crippen molar-refractivity contribution < 1.29 is 9.84 Å². The highest BCUT2D eigenvalue weighted by Crippen LogP contribution is 1.89. The average Bonchev–Trinajstić information content (AvgIpc) is 1.68. The van der Waals surface area contributed by atoms with E-state index in [1.165, 1.54) is 0 Å². The van der Waals surface area contributed by atoms with Gasteiger partial charge in [0.25, 0.3) is 0 Å².